The summed E-state index contributed by atoms with van der Waals surface area (Å²) >= 11 is 0. The van der Waals surface area contributed by atoms with Crippen LogP contribution in [0.25, 0.3) is 0 Å². The van der Waals surface area contributed by atoms with E-state index in [2.05, 4.69) is 24.5 Å². The fourth-order valence-electron chi connectivity index (χ4n) is 3.20. The lowest BCUT2D eigenvalue weighted by molar-refractivity contribution is 0.0477. The third-order valence-electron chi connectivity index (χ3n) is 4.80. The zero-order valence-corrected chi connectivity index (χ0v) is 15.2. The molecule has 3 N–H and O–H groups in total. The SMILES string of the molecule is CC1CCNC(C)C1NCC(C)(O)c1ccc(S(C)(=O)=O)cc1. The van der Waals surface area contributed by atoms with Crippen molar-refractivity contribution in [3.05, 3.63) is 29.8 Å². The van der Waals surface area contributed by atoms with Crippen LogP contribution in [-0.2, 0) is 15.4 Å². The van der Waals surface area contributed by atoms with E-state index < -0.39 is 15.4 Å². The van der Waals surface area contributed by atoms with Crippen molar-refractivity contribution in [1.82, 2.24) is 10.6 Å². The normalized spacial score (nSPS) is 28.3. The standard InChI is InChI=1S/C17H28N2O3S/c1-12-9-10-18-13(2)16(12)19-11-17(3,20)14-5-7-15(8-6-14)23(4,21)22/h5-8,12-13,16,18-20H,9-11H2,1-4H3. The number of benzene rings is 1. The van der Waals surface area contributed by atoms with Crippen LogP contribution in [0.4, 0.5) is 0 Å². The predicted molar refractivity (Wildman–Crippen MR) is 92.2 cm³/mol. The molecule has 1 fully saturated rings. The van der Waals surface area contributed by atoms with Gasteiger partial charge in [0.25, 0.3) is 0 Å². The molecule has 23 heavy (non-hydrogen) atoms. The quantitative estimate of drug-likeness (QED) is 0.752. The van der Waals surface area contributed by atoms with Crippen LogP contribution in [0.15, 0.2) is 29.2 Å². The lowest BCUT2D eigenvalue weighted by Crippen LogP contribution is -2.56. The number of hydrogen-bond acceptors (Lipinski definition) is 5. The van der Waals surface area contributed by atoms with Crippen molar-refractivity contribution in [2.24, 2.45) is 5.92 Å². The first kappa shape index (κ1) is 18.4. The van der Waals surface area contributed by atoms with Gasteiger partial charge < -0.3 is 15.7 Å². The Hall–Kier alpha value is -0.950. The highest BCUT2D eigenvalue weighted by atomic mass is 32.2. The summed E-state index contributed by atoms with van der Waals surface area (Å²) < 4.78 is 23.0. The van der Waals surface area contributed by atoms with Crippen molar-refractivity contribution in [2.75, 3.05) is 19.3 Å². The molecule has 6 heteroatoms. The molecule has 0 spiro atoms. The second-order valence-corrected chi connectivity index (χ2v) is 9.00. The minimum absolute atomic E-state index is 0.267. The van der Waals surface area contributed by atoms with Crippen LogP contribution in [0.2, 0.25) is 0 Å². The number of sulfone groups is 1. The molecule has 1 heterocycles. The van der Waals surface area contributed by atoms with Gasteiger partial charge in [0.1, 0.15) is 0 Å². The fraction of sp³-hybridized carbons (Fsp3) is 0.647. The summed E-state index contributed by atoms with van der Waals surface area (Å²) in [7, 11) is -3.21. The Bertz CT molecular complexity index is 616. The molecule has 4 atom stereocenters. The third kappa shape index (κ3) is 4.53. The molecule has 1 saturated heterocycles. The summed E-state index contributed by atoms with van der Waals surface area (Å²) in [4.78, 5) is 0.267. The molecule has 0 amide bonds. The number of nitrogens with one attached hydrogen (secondary N) is 2. The fourth-order valence-corrected chi connectivity index (χ4v) is 3.83. The van der Waals surface area contributed by atoms with Crippen molar-refractivity contribution in [3.8, 4) is 0 Å². The molecule has 0 saturated carbocycles. The second-order valence-electron chi connectivity index (χ2n) is 6.99. The summed E-state index contributed by atoms with van der Waals surface area (Å²) in [5.41, 5.74) is -0.339. The Kier molecular flexibility index (Phi) is 5.51. The Morgan fingerprint density at radius 3 is 2.43 bits per heavy atom. The van der Waals surface area contributed by atoms with Crippen LogP contribution in [0.5, 0.6) is 0 Å². The first-order valence-electron chi connectivity index (χ1n) is 8.11. The van der Waals surface area contributed by atoms with E-state index in [0.717, 1.165) is 13.0 Å². The number of aliphatic hydroxyl groups is 1. The topological polar surface area (TPSA) is 78.4 Å². The van der Waals surface area contributed by atoms with Gasteiger partial charge in [-0.2, -0.15) is 0 Å². The van der Waals surface area contributed by atoms with E-state index in [-0.39, 0.29) is 4.90 Å². The van der Waals surface area contributed by atoms with E-state index in [1.807, 2.05) is 0 Å². The zero-order chi connectivity index (χ0) is 17.3. The van der Waals surface area contributed by atoms with Crippen LogP contribution in [0.1, 0.15) is 32.8 Å². The molecule has 130 valence electrons. The van der Waals surface area contributed by atoms with Gasteiger partial charge in [0.2, 0.25) is 0 Å². The van der Waals surface area contributed by atoms with Gasteiger partial charge in [0.05, 0.1) is 10.5 Å². The Labute approximate surface area is 139 Å². The molecule has 1 aliphatic rings. The van der Waals surface area contributed by atoms with Gasteiger partial charge >= 0.3 is 0 Å². The summed E-state index contributed by atoms with van der Waals surface area (Å²) in [6.07, 6.45) is 2.30. The van der Waals surface area contributed by atoms with Crippen molar-refractivity contribution in [1.29, 1.82) is 0 Å². The van der Waals surface area contributed by atoms with Gasteiger partial charge in [0.15, 0.2) is 9.84 Å². The van der Waals surface area contributed by atoms with Gasteiger partial charge in [-0.1, -0.05) is 19.1 Å². The molecule has 1 aliphatic heterocycles. The largest absolute Gasteiger partial charge is 0.384 e. The third-order valence-corrected chi connectivity index (χ3v) is 5.93. The summed E-state index contributed by atoms with van der Waals surface area (Å²) in [5.74, 6) is 0.551. The molecule has 0 aromatic heterocycles. The molecule has 2 rings (SSSR count). The molecule has 1 aromatic carbocycles. The lowest BCUT2D eigenvalue weighted by Gasteiger charge is -2.38. The minimum Gasteiger partial charge on any atom is -0.384 e. The summed E-state index contributed by atoms with van der Waals surface area (Å²) in [6, 6.07) is 7.14. The second kappa shape index (κ2) is 6.89. The minimum atomic E-state index is -3.21. The van der Waals surface area contributed by atoms with Crippen LogP contribution < -0.4 is 10.6 Å². The molecule has 4 unspecified atom stereocenters. The first-order chi connectivity index (χ1) is 10.6. The maximum Gasteiger partial charge on any atom is 0.175 e. The number of piperidine rings is 1. The number of rotatable bonds is 5. The van der Waals surface area contributed by atoms with Gasteiger partial charge in [-0.05, 0) is 50.4 Å². The van der Waals surface area contributed by atoms with E-state index in [1.165, 1.54) is 6.26 Å². The Morgan fingerprint density at radius 2 is 1.91 bits per heavy atom. The lowest BCUT2D eigenvalue weighted by atomic mass is 9.88. The van der Waals surface area contributed by atoms with Crippen molar-refractivity contribution in [2.45, 2.75) is 49.8 Å². The van der Waals surface area contributed by atoms with E-state index >= 15 is 0 Å². The maximum atomic E-state index is 11.5. The van der Waals surface area contributed by atoms with Crippen molar-refractivity contribution in [3.63, 3.8) is 0 Å². The van der Waals surface area contributed by atoms with Crippen LogP contribution in [0, 0.1) is 5.92 Å². The average molecular weight is 340 g/mol. The highest BCUT2D eigenvalue weighted by Crippen LogP contribution is 2.23. The van der Waals surface area contributed by atoms with Gasteiger partial charge in [0, 0.05) is 24.9 Å². The first-order valence-corrected chi connectivity index (χ1v) is 10.00. The predicted octanol–water partition coefficient (Wildman–Crippen LogP) is 1.27. The van der Waals surface area contributed by atoms with E-state index in [4.69, 9.17) is 0 Å². The maximum absolute atomic E-state index is 11.5. The van der Waals surface area contributed by atoms with Gasteiger partial charge in [-0.3, -0.25) is 0 Å². The Balaban J connectivity index is 2.06. The van der Waals surface area contributed by atoms with Gasteiger partial charge in [-0.15, -0.1) is 0 Å². The molecule has 0 radical (unpaired) electrons. The van der Waals surface area contributed by atoms with E-state index in [1.54, 1.807) is 31.2 Å². The summed E-state index contributed by atoms with van der Waals surface area (Å²) in [6.45, 7) is 7.59. The number of hydrogen-bond donors (Lipinski definition) is 3. The Morgan fingerprint density at radius 1 is 1.30 bits per heavy atom. The zero-order valence-electron chi connectivity index (χ0n) is 14.3. The molecule has 0 bridgehead atoms. The van der Waals surface area contributed by atoms with E-state index in [0.29, 0.717) is 30.1 Å². The van der Waals surface area contributed by atoms with Crippen LogP contribution >= 0.6 is 0 Å². The molecular weight excluding hydrogens is 312 g/mol. The average Bonchev–Trinajstić information content (AvgIpc) is 2.46. The molecule has 1 aromatic rings. The van der Waals surface area contributed by atoms with Crippen molar-refractivity contribution < 1.29 is 13.5 Å². The monoisotopic (exact) mass is 340 g/mol. The highest BCUT2D eigenvalue weighted by Gasteiger charge is 2.30. The van der Waals surface area contributed by atoms with Crippen molar-refractivity contribution >= 4 is 9.84 Å². The smallest absolute Gasteiger partial charge is 0.175 e. The van der Waals surface area contributed by atoms with Crippen LogP contribution in [-0.4, -0.2) is 45.0 Å². The molecule has 5 nitrogen and oxygen atoms in total. The molecular formula is C17H28N2O3S. The highest BCUT2D eigenvalue weighted by molar-refractivity contribution is 7.90. The van der Waals surface area contributed by atoms with Crippen LogP contribution in [0.3, 0.4) is 0 Å². The summed E-state index contributed by atoms with van der Waals surface area (Å²) in [5, 5.41) is 17.7. The van der Waals surface area contributed by atoms with Gasteiger partial charge in [-0.25, -0.2) is 8.42 Å². The molecule has 0 aliphatic carbocycles. The van der Waals surface area contributed by atoms with E-state index in [9.17, 15) is 13.5 Å².